The Morgan fingerprint density at radius 1 is 0.885 bits per heavy atom. The third-order valence-corrected chi connectivity index (χ3v) is 7.56. The Morgan fingerprint density at radius 3 is 2.04 bits per heavy atom. The summed E-state index contributed by atoms with van der Waals surface area (Å²) in [5.41, 5.74) is 2.59. The second-order valence-electron chi connectivity index (χ2n) is 6.31. The van der Waals surface area contributed by atoms with Crippen LogP contribution >= 0.6 is 0 Å². The number of hydrogen-bond donors (Lipinski definition) is 1. The van der Waals surface area contributed by atoms with Crippen molar-refractivity contribution in [3.8, 4) is 0 Å². The summed E-state index contributed by atoms with van der Waals surface area (Å²) < 4.78 is 53.5. The fraction of sp³-hybridized carbons (Fsp3) is 0.333. The molecule has 0 unspecified atom stereocenters. The largest absolute Gasteiger partial charge is 0.242 e. The smallest absolute Gasteiger partial charge is 0.210 e. The van der Waals surface area contributed by atoms with Gasteiger partial charge in [-0.2, -0.15) is 4.31 Å². The summed E-state index contributed by atoms with van der Waals surface area (Å²) in [6, 6.07) is 11.6. The number of sulfonamides is 2. The topological polar surface area (TPSA) is 83.6 Å². The van der Waals surface area contributed by atoms with Crippen molar-refractivity contribution in [3.63, 3.8) is 0 Å². The Hall–Kier alpha value is -1.74. The molecule has 0 saturated carbocycles. The molecule has 0 atom stereocenters. The van der Waals surface area contributed by atoms with Gasteiger partial charge in [-0.25, -0.2) is 21.6 Å². The summed E-state index contributed by atoms with van der Waals surface area (Å²) in [5.74, 6) is 0. The molecule has 0 aliphatic carbocycles. The highest BCUT2D eigenvalue weighted by molar-refractivity contribution is 7.89. The zero-order valence-electron chi connectivity index (χ0n) is 15.4. The molecule has 0 aromatic heterocycles. The molecule has 0 fully saturated rings. The molecule has 0 aliphatic heterocycles. The molecule has 8 heteroatoms. The van der Waals surface area contributed by atoms with Crippen LogP contribution < -0.4 is 4.72 Å². The van der Waals surface area contributed by atoms with Gasteiger partial charge in [0.1, 0.15) is 0 Å². The molecule has 6 nitrogen and oxygen atoms in total. The highest BCUT2D eigenvalue weighted by Gasteiger charge is 2.22. The summed E-state index contributed by atoms with van der Waals surface area (Å²) in [4.78, 5) is 0.384. The summed E-state index contributed by atoms with van der Waals surface area (Å²) in [6.07, 6.45) is 0. The average molecular weight is 397 g/mol. The van der Waals surface area contributed by atoms with Gasteiger partial charge in [0.15, 0.2) is 0 Å². The molecule has 2 aromatic rings. The molecule has 2 aromatic carbocycles. The van der Waals surface area contributed by atoms with Crippen LogP contribution in [0.25, 0.3) is 0 Å². The van der Waals surface area contributed by atoms with Crippen molar-refractivity contribution >= 4 is 20.0 Å². The molecule has 26 heavy (non-hydrogen) atoms. The lowest BCUT2D eigenvalue weighted by Gasteiger charge is -2.18. The van der Waals surface area contributed by atoms with Crippen LogP contribution in [-0.2, 0) is 20.0 Å². The number of hydrogen-bond acceptors (Lipinski definition) is 4. The van der Waals surface area contributed by atoms with E-state index in [0.29, 0.717) is 5.56 Å². The molecule has 0 heterocycles. The van der Waals surface area contributed by atoms with Crippen molar-refractivity contribution in [1.82, 2.24) is 9.03 Å². The first-order valence-corrected chi connectivity index (χ1v) is 11.1. The van der Waals surface area contributed by atoms with Gasteiger partial charge in [0.2, 0.25) is 20.0 Å². The molecule has 0 saturated heterocycles. The Kier molecular flexibility index (Phi) is 6.23. The van der Waals surface area contributed by atoms with Crippen LogP contribution in [0, 0.1) is 20.8 Å². The van der Waals surface area contributed by atoms with E-state index in [9.17, 15) is 16.8 Å². The van der Waals surface area contributed by atoms with E-state index in [0.717, 1.165) is 15.4 Å². The van der Waals surface area contributed by atoms with Crippen LogP contribution in [0.5, 0.6) is 0 Å². The second kappa shape index (κ2) is 7.87. The molecule has 0 aliphatic rings. The van der Waals surface area contributed by atoms with E-state index in [1.165, 1.54) is 7.05 Å². The van der Waals surface area contributed by atoms with Crippen molar-refractivity contribution < 1.29 is 16.8 Å². The molecule has 0 amide bonds. The zero-order chi connectivity index (χ0) is 19.5. The molecular weight excluding hydrogens is 372 g/mol. The second-order valence-corrected chi connectivity index (χ2v) is 10.1. The van der Waals surface area contributed by atoms with Gasteiger partial charge in [0.25, 0.3) is 0 Å². The van der Waals surface area contributed by atoms with Crippen molar-refractivity contribution in [2.75, 3.05) is 20.1 Å². The fourth-order valence-electron chi connectivity index (χ4n) is 2.53. The predicted octanol–water partition coefficient (Wildman–Crippen LogP) is 2.21. The quantitative estimate of drug-likeness (QED) is 0.778. The van der Waals surface area contributed by atoms with E-state index in [2.05, 4.69) is 4.72 Å². The number of nitrogens with zero attached hydrogens (tertiary/aromatic N) is 1. The molecule has 0 spiro atoms. The molecule has 142 valence electrons. The fourth-order valence-corrected chi connectivity index (χ4v) is 4.94. The lowest BCUT2D eigenvalue weighted by atomic mass is 10.2. The van der Waals surface area contributed by atoms with E-state index in [1.54, 1.807) is 49.4 Å². The van der Waals surface area contributed by atoms with Crippen LogP contribution in [-0.4, -0.2) is 41.3 Å². The highest BCUT2D eigenvalue weighted by atomic mass is 32.2. The minimum atomic E-state index is -3.69. The number of rotatable bonds is 7. The number of aryl methyl sites for hydroxylation is 3. The summed E-state index contributed by atoms with van der Waals surface area (Å²) >= 11 is 0. The minimum Gasteiger partial charge on any atom is -0.210 e. The molecule has 2 rings (SSSR count). The van der Waals surface area contributed by atoms with E-state index < -0.39 is 20.0 Å². The van der Waals surface area contributed by atoms with Crippen LogP contribution in [0.2, 0.25) is 0 Å². The van der Waals surface area contributed by atoms with Gasteiger partial charge in [0, 0.05) is 20.1 Å². The van der Waals surface area contributed by atoms with Crippen LogP contribution in [0.15, 0.2) is 52.3 Å². The Morgan fingerprint density at radius 2 is 1.46 bits per heavy atom. The number of likely N-dealkylation sites (N-methyl/N-ethyl adjacent to an activating group) is 1. The molecular formula is C18H24N2O4S2. The maximum atomic E-state index is 12.5. The van der Waals surface area contributed by atoms with Gasteiger partial charge in [0.05, 0.1) is 9.79 Å². The molecule has 1 N–H and O–H groups in total. The minimum absolute atomic E-state index is 0.0166. The lowest BCUT2D eigenvalue weighted by Crippen LogP contribution is -2.36. The zero-order valence-corrected chi connectivity index (χ0v) is 17.0. The van der Waals surface area contributed by atoms with Crippen LogP contribution in [0.1, 0.15) is 16.7 Å². The van der Waals surface area contributed by atoms with Crippen molar-refractivity contribution in [2.45, 2.75) is 30.6 Å². The van der Waals surface area contributed by atoms with E-state index in [1.807, 2.05) is 13.8 Å². The van der Waals surface area contributed by atoms with E-state index in [-0.39, 0.29) is 22.9 Å². The molecule has 0 bridgehead atoms. The maximum Gasteiger partial charge on any atom is 0.242 e. The Balaban J connectivity index is 2.05. The SMILES string of the molecule is Cc1ccc(S(=O)(=O)N(C)CCNS(=O)(=O)c2ccc(C)cc2C)cc1. The average Bonchev–Trinajstić information content (AvgIpc) is 2.54. The highest BCUT2D eigenvalue weighted by Crippen LogP contribution is 2.17. The van der Waals surface area contributed by atoms with E-state index >= 15 is 0 Å². The van der Waals surface area contributed by atoms with Gasteiger partial charge in [-0.1, -0.05) is 35.4 Å². The van der Waals surface area contributed by atoms with Crippen molar-refractivity contribution in [2.24, 2.45) is 0 Å². The summed E-state index contributed by atoms with van der Waals surface area (Å²) in [5, 5.41) is 0. The molecule has 0 radical (unpaired) electrons. The van der Waals surface area contributed by atoms with Crippen molar-refractivity contribution in [1.29, 1.82) is 0 Å². The van der Waals surface area contributed by atoms with Gasteiger partial charge in [-0.05, 0) is 44.5 Å². The van der Waals surface area contributed by atoms with Gasteiger partial charge in [-0.15, -0.1) is 0 Å². The van der Waals surface area contributed by atoms with Crippen molar-refractivity contribution in [3.05, 3.63) is 59.2 Å². The number of benzene rings is 2. The third kappa shape index (κ3) is 4.70. The number of nitrogens with one attached hydrogen (secondary N) is 1. The van der Waals surface area contributed by atoms with Crippen LogP contribution in [0.4, 0.5) is 0 Å². The van der Waals surface area contributed by atoms with Gasteiger partial charge >= 0.3 is 0 Å². The van der Waals surface area contributed by atoms with E-state index in [4.69, 9.17) is 0 Å². The lowest BCUT2D eigenvalue weighted by molar-refractivity contribution is 0.469. The predicted molar refractivity (Wildman–Crippen MR) is 102 cm³/mol. The Labute approximate surface area is 156 Å². The van der Waals surface area contributed by atoms with Gasteiger partial charge in [-0.3, -0.25) is 0 Å². The Bertz CT molecular complexity index is 982. The first kappa shape index (κ1) is 20.6. The normalized spacial score (nSPS) is 12.5. The monoisotopic (exact) mass is 396 g/mol. The first-order valence-electron chi connectivity index (χ1n) is 8.14. The third-order valence-electron chi connectivity index (χ3n) is 4.07. The maximum absolute atomic E-state index is 12.5. The first-order chi connectivity index (χ1) is 12.0. The summed E-state index contributed by atoms with van der Waals surface area (Å²) in [6.45, 7) is 5.51. The summed E-state index contributed by atoms with van der Waals surface area (Å²) in [7, 11) is -5.91. The van der Waals surface area contributed by atoms with Gasteiger partial charge < -0.3 is 0 Å². The standard InChI is InChI=1S/C18H24N2O4S2/c1-14-5-8-17(9-6-14)26(23,24)20(4)12-11-19-25(21,22)18-10-7-15(2)13-16(18)3/h5-10,13,19H,11-12H2,1-4H3. The van der Waals surface area contributed by atoms with Crippen LogP contribution in [0.3, 0.4) is 0 Å².